The number of imidazole rings is 1. The molecule has 5 heteroatoms. The zero-order valence-electron chi connectivity index (χ0n) is 10.4. The van der Waals surface area contributed by atoms with Gasteiger partial charge in [0.2, 0.25) is 5.91 Å². The Bertz CT molecular complexity index is 464. The van der Waals surface area contributed by atoms with Crippen LogP contribution in [0, 0.1) is 0 Å². The van der Waals surface area contributed by atoms with Crippen molar-refractivity contribution in [1.29, 1.82) is 0 Å². The SMILES string of the molecule is CC[C@@H](Cn1ccnc1)NC(=O)Cc1cccs1. The molecule has 0 saturated heterocycles. The van der Waals surface area contributed by atoms with Gasteiger partial charge >= 0.3 is 0 Å². The summed E-state index contributed by atoms with van der Waals surface area (Å²) >= 11 is 1.62. The molecular weight excluding hydrogens is 246 g/mol. The summed E-state index contributed by atoms with van der Waals surface area (Å²) in [6, 6.07) is 4.11. The largest absolute Gasteiger partial charge is 0.351 e. The van der Waals surface area contributed by atoms with Crippen molar-refractivity contribution in [3.63, 3.8) is 0 Å². The summed E-state index contributed by atoms with van der Waals surface area (Å²) in [6.07, 6.45) is 6.81. The highest BCUT2D eigenvalue weighted by atomic mass is 32.1. The number of nitrogens with one attached hydrogen (secondary N) is 1. The molecular formula is C13H17N3OS. The lowest BCUT2D eigenvalue weighted by atomic mass is 10.2. The molecule has 0 aliphatic carbocycles. The number of aromatic nitrogens is 2. The van der Waals surface area contributed by atoms with E-state index in [1.807, 2.05) is 28.3 Å². The van der Waals surface area contributed by atoms with Crippen LogP contribution in [0.25, 0.3) is 0 Å². The minimum absolute atomic E-state index is 0.0874. The second kappa shape index (κ2) is 6.35. The van der Waals surface area contributed by atoms with Crippen molar-refractivity contribution in [3.8, 4) is 0 Å². The van der Waals surface area contributed by atoms with Crippen LogP contribution in [0.2, 0.25) is 0 Å². The van der Waals surface area contributed by atoms with Gasteiger partial charge in [-0.3, -0.25) is 4.79 Å². The maximum absolute atomic E-state index is 11.9. The standard InChI is InChI=1S/C13H17N3OS/c1-2-11(9-16-6-5-14-10-16)15-13(17)8-12-4-3-7-18-12/h3-7,10-11H,2,8-9H2,1H3,(H,15,17)/t11-/m0/s1. The molecule has 1 atom stereocenters. The van der Waals surface area contributed by atoms with Gasteiger partial charge in [0.05, 0.1) is 12.7 Å². The van der Waals surface area contributed by atoms with E-state index in [1.54, 1.807) is 23.9 Å². The predicted molar refractivity (Wildman–Crippen MR) is 72.5 cm³/mol. The van der Waals surface area contributed by atoms with Crippen molar-refractivity contribution in [1.82, 2.24) is 14.9 Å². The number of hydrogen-bond acceptors (Lipinski definition) is 3. The fourth-order valence-electron chi connectivity index (χ4n) is 1.78. The highest BCUT2D eigenvalue weighted by molar-refractivity contribution is 7.10. The lowest BCUT2D eigenvalue weighted by Crippen LogP contribution is -2.38. The van der Waals surface area contributed by atoms with E-state index in [9.17, 15) is 4.79 Å². The molecule has 0 saturated carbocycles. The predicted octanol–water partition coefficient (Wildman–Crippen LogP) is 2.08. The Balaban J connectivity index is 1.84. The topological polar surface area (TPSA) is 46.9 Å². The minimum atomic E-state index is 0.0874. The van der Waals surface area contributed by atoms with Gasteiger partial charge in [0, 0.05) is 29.9 Å². The van der Waals surface area contributed by atoms with Gasteiger partial charge in [0.25, 0.3) is 0 Å². The maximum Gasteiger partial charge on any atom is 0.225 e. The highest BCUT2D eigenvalue weighted by Gasteiger charge is 2.11. The summed E-state index contributed by atoms with van der Waals surface area (Å²) in [6.45, 7) is 2.85. The fourth-order valence-corrected chi connectivity index (χ4v) is 2.48. The van der Waals surface area contributed by atoms with E-state index in [0.29, 0.717) is 6.42 Å². The molecule has 4 nitrogen and oxygen atoms in total. The second-order valence-corrected chi connectivity index (χ2v) is 5.22. The molecule has 1 N–H and O–H groups in total. The van der Waals surface area contributed by atoms with Crippen LogP contribution in [-0.2, 0) is 17.8 Å². The molecule has 1 amide bonds. The Morgan fingerprint density at radius 2 is 2.50 bits per heavy atom. The van der Waals surface area contributed by atoms with E-state index in [4.69, 9.17) is 0 Å². The zero-order valence-corrected chi connectivity index (χ0v) is 11.2. The summed E-state index contributed by atoms with van der Waals surface area (Å²) < 4.78 is 1.99. The number of nitrogens with zero attached hydrogens (tertiary/aromatic N) is 2. The van der Waals surface area contributed by atoms with Crippen LogP contribution in [0.3, 0.4) is 0 Å². The number of carbonyl (C=O) groups is 1. The Hall–Kier alpha value is -1.62. The van der Waals surface area contributed by atoms with Crippen molar-refractivity contribution < 1.29 is 4.79 Å². The summed E-state index contributed by atoms with van der Waals surface area (Å²) in [4.78, 5) is 17.0. The first-order valence-electron chi connectivity index (χ1n) is 6.05. The molecule has 0 fully saturated rings. The third kappa shape index (κ3) is 3.70. The fraction of sp³-hybridized carbons (Fsp3) is 0.385. The van der Waals surface area contributed by atoms with Gasteiger partial charge in [-0.1, -0.05) is 13.0 Å². The van der Waals surface area contributed by atoms with E-state index in [0.717, 1.165) is 17.8 Å². The molecule has 2 aromatic rings. The molecule has 2 rings (SSSR count). The van der Waals surface area contributed by atoms with Crippen LogP contribution >= 0.6 is 11.3 Å². The van der Waals surface area contributed by atoms with Crippen molar-refractivity contribution in [2.45, 2.75) is 32.4 Å². The number of carbonyl (C=O) groups excluding carboxylic acids is 1. The Morgan fingerprint density at radius 3 is 3.11 bits per heavy atom. The van der Waals surface area contributed by atoms with E-state index in [2.05, 4.69) is 17.2 Å². The molecule has 96 valence electrons. The molecule has 2 heterocycles. The summed E-state index contributed by atoms with van der Waals surface area (Å²) in [5.74, 6) is 0.0874. The monoisotopic (exact) mass is 263 g/mol. The molecule has 0 aliphatic rings. The normalized spacial score (nSPS) is 12.3. The average molecular weight is 263 g/mol. The number of amides is 1. The van der Waals surface area contributed by atoms with Crippen molar-refractivity contribution in [2.24, 2.45) is 0 Å². The van der Waals surface area contributed by atoms with Crippen molar-refractivity contribution in [3.05, 3.63) is 41.1 Å². The van der Waals surface area contributed by atoms with E-state index in [-0.39, 0.29) is 11.9 Å². The van der Waals surface area contributed by atoms with Crippen LogP contribution in [0.1, 0.15) is 18.2 Å². The number of hydrogen-bond donors (Lipinski definition) is 1. The molecule has 0 aliphatic heterocycles. The van der Waals surface area contributed by atoms with E-state index < -0.39 is 0 Å². The van der Waals surface area contributed by atoms with Crippen LogP contribution < -0.4 is 5.32 Å². The first-order chi connectivity index (χ1) is 8.78. The lowest BCUT2D eigenvalue weighted by Gasteiger charge is -2.17. The average Bonchev–Trinajstić information content (AvgIpc) is 3.01. The maximum atomic E-state index is 11.9. The smallest absolute Gasteiger partial charge is 0.225 e. The Morgan fingerprint density at radius 1 is 1.61 bits per heavy atom. The van der Waals surface area contributed by atoms with Gasteiger partial charge in [-0.25, -0.2) is 4.98 Å². The Kier molecular flexibility index (Phi) is 4.52. The third-order valence-electron chi connectivity index (χ3n) is 2.76. The molecule has 0 spiro atoms. The van der Waals surface area contributed by atoms with Gasteiger partial charge in [-0.05, 0) is 17.9 Å². The minimum Gasteiger partial charge on any atom is -0.351 e. The third-order valence-corrected chi connectivity index (χ3v) is 3.64. The highest BCUT2D eigenvalue weighted by Crippen LogP contribution is 2.09. The zero-order chi connectivity index (χ0) is 12.8. The lowest BCUT2D eigenvalue weighted by molar-refractivity contribution is -0.121. The molecule has 0 aromatic carbocycles. The Labute approximate surface area is 111 Å². The first kappa shape index (κ1) is 12.8. The molecule has 2 aromatic heterocycles. The molecule has 0 unspecified atom stereocenters. The summed E-state index contributed by atoms with van der Waals surface area (Å²) in [5.41, 5.74) is 0. The van der Waals surface area contributed by atoms with Crippen LogP contribution in [0.4, 0.5) is 0 Å². The molecule has 18 heavy (non-hydrogen) atoms. The van der Waals surface area contributed by atoms with Gasteiger partial charge in [-0.2, -0.15) is 0 Å². The summed E-state index contributed by atoms with van der Waals surface area (Å²) in [5, 5.41) is 5.05. The molecule has 0 radical (unpaired) electrons. The van der Waals surface area contributed by atoms with Crippen LogP contribution in [0.5, 0.6) is 0 Å². The first-order valence-corrected chi connectivity index (χ1v) is 6.93. The summed E-state index contributed by atoms with van der Waals surface area (Å²) in [7, 11) is 0. The van der Waals surface area contributed by atoms with Gasteiger partial charge < -0.3 is 9.88 Å². The van der Waals surface area contributed by atoms with E-state index >= 15 is 0 Å². The van der Waals surface area contributed by atoms with Crippen molar-refractivity contribution in [2.75, 3.05) is 0 Å². The molecule has 0 bridgehead atoms. The second-order valence-electron chi connectivity index (χ2n) is 4.19. The van der Waals surface area contributed by atoms with Gasteiger partial charge in [-0.15, -0.1) is 11.3 Å². The number of thiophene rings is 1. The van der Waals surface area contributed by atoms with E-state index in [1.165, 1.54) is 0 Å². The van der Waals surface area contributed by atoms with Gasteiger partial charge in [0.15, 0.2) is 0 Å². The quantitative estimate of drug-likeness (QED) is 0.867. The van der Waals surface area contributed by atoms with Crippen LogP contribution in [-0.4, -0.2) is 21.5 Å². The number of rotatable bonds is 6. The van der Waals surface area contributed by atoms with Crippen molar-refractivity contribution >= 4 is 17.2 Å². The van der Waals surface area contributed by atoms with Gasteiger partial charge in [0.1, 0.15) is 0 Å². The van der Waals surface area contributed by atoms with Crippen LogP contribution in [0.15, 0.2) is 36.2 Å².